The van der Waals surface area contributed by atoms with E-state index in [-0.39, 0.29) is 18.5 Å². The second-order valence-electron chi connectivity index (χ2n) is 7.45. The van der Waals surface area contributed by atoms with Gasteiger partial charge in [0.2, 0.25) is 15.9 Å². The minimum absolute atomic E-state index is 0.0413. The lowest BCUT2D eigenvalue weighted by Crippen LogP contribution is -2.35. The highest BCUT2D eigenvalue weighted by Crippen LogP contribution is 2.19. The fourth-order valence-corrected chi connectivity index (χ4v) is 4.18. The summed E-state index contributed by atoms with van der Waals surface area (Å²) >= 11 is 0. The Morgan fingerprint density at radius 3 is 2.28 bits per heavy atom. The van der Waals surface area contributed by atoms with Gasteiger partial charge in [-0.05, 0) is 55.9 Å². The molecule has 0 aromatic heterocycles. The van der Waals surface area contributed by atoms with Crippen molar-refractivity contribution in [3.05, 3.63) is 65.7 Å². The van der Waals surface area contributed by atoms with E-state index in [1.54, 1.807) is 0 Å². The van der Waals surface area contributed by atoms with Gasteiger partial charge in [-0.1, -0.05) is 49.4 Å². The first-order valence-corrected chi connectivity index (χ1v) is 12.0. The number of aryl methyl sites for hydroxylation is 2. The second kappa shape index (κ2) is 11.0. The number of hydrogen-bond acceptors (Lipinski definition) is 3. The van der Waals surface area contributed by atoms with Crippen molar-refractivity contribution >= 4 is 21.6 Å². The van der Waals surface area contributed by atoms with E-state index < -0.39 is 10.0 Å². The third kappa shape index (κ3) is 7.89. The monoisotopic (exact) mass is 416 g/mol. The van der Waals surface area contributed by atoms with E-state index >= 15 is 0 Å². The Bertz CT molecular complexity index is 865. The van der Waals surface area contributed by atoms with Gasteiger partial charge in [0.05, 0.1) is 11.9 Å². The number of anilines is 1. The first kappa shape index (κ1) is 22.9. The lowest BCUT2D eigenvalue weighted by atomic mass is 10.1. The van der Waals surface area contributed by atoms with Crippen LogP contribution in [-0.4, -0.2) is 33.2 Å². The summed E-state index contributed by atoms with van der Waals surface area (Å²) in [6.07, 6.45) is 4.66. The molecule has 1 N–H and O–H groups in total. The Hall–Kier alpha value is -2.34. The first-order valence-electron chi connectivity index (χ1n) is 10.2. The minimum atomic E-state index is -3.40. The first-order chi connectivity index (χ1) is 13.8. The third-order valence-electron chi connectivity index (χ3n) is 4.91. The highest BCUT2D eigenvalue weighted by Gasteiger charge is 2.18. The average molecular weight is 417 g/mol. The smallest absolute Gasteiger partial charge is 0.232 e. The normalized spacial score (nSPS) is 12.4. The van der Waals surface area contributed by atoms with Crippen molar-refractivity contribution in [3.63, 3.8) is 0 Å². The van der Waals surface area contributed by atoms with Gasteiger partial charge in [-0.15, -0.1) is 0 Å². The van der Waals surface area contributed by atoms with Gasteiger partial charge in [0, 0.05) is 19.0 Å². The molecule has 0 spiro atoms. The summed E-state index contributed by atoms with van der Waals surface area (Å²) in [5, 5.41) is 3.01. The molecule has 0 saturated heterocycles. The van der Waals surface area contributed by atoms with Crippen molar-refractivity contribution in [1.82, 2.24) is 5.32 Å². The van der Waals surface area contributed by atoms with Gasteiger partial charge in [-0.25, -0.2) is 8.42 Å². The van der Waals surface area contributed by atoms with E-state index in [0.717, 1.165) is 24.8 Å². The zero-order valence-corrected chi connectivity index (χ0v) is 18.4. The van der Waals surface area contributed by atoms with Gasteiger partial charge < -0.3 is 5.32 Å². The molecule has 5 nitrogen and oxygen atoms in total. The van der Waals surface area contributed by atoms with Crippen LogP contribution in [0.1, 0.15) is 44.2 Å². The Kier molecular flexibility index (Phi) is 8.70. The number of carbonyl (C=O) groups excluding carboxylic acids is 1. The molecule has 29 heavy (non-hydrogen) atoms. The molecular formula is C23H32N2O3S. The van der Waals surface area contributed by atoms with Crippen molar-refractivity contribution in [2.75, 3.05) is 17.1 Å². The molecule has 6 heteroatoms. The van der Waals surface area contributed by atoms with Gasteiger partial charge >= 0.3 is 0 Å². The maximum absolute atomic E-state index is 12.2. The summed E-state index contributed by atoms with van der Waals surface area (Å²) in [6.45, 7) is 4.35. The SMILES string of the molecule is CCc1ccc(N(CCCC(=O)NC(C)CCc2ccccc2)S(C)(=O)=O)cc1. The van der Waals surface area contributed by atoms with Crippen LogP contribution in [0.4, 0.5) is 5.69 Å². The largest absolute Gasteiger partial charge is 0.354 e. The number of rotatable bonds is 11. The van der Waals surface area contributed by atoms with Crippen molar-refractivity contribution in [2.45, 2.75) is 52.0 Å². The van der Waals surface area contributed by atoms with Crippen LogP contribution in [-0.2, 0) is 27.7 Å². The quantitative estimate of drug-likeness (QED) is 0.603. The third-order valence-corrected chi connectivity index (χ3v) is 6.11. The molecule has 1 amide bonds. The average Bonchev–Trinajstić information content (AvgIpc) is 2.70. The van der Waals surface area contributed by atoms with Crippen LogP contribution in [0.25, 0.3) is 0 Å². The number of benzene rings is 2. The maximum Gasteiger partial charge on any atom is 0.232 e. The molecule has 2 aromatic rings. The summed E-state index contributed by atoms with van der Waals surface area (Å²) in [6, 6.07) is 17.8. The fourth-order valence-electron chi connectivity index (χ4n) is 3.21. The van der Waals surface area contributed by atoms with Gasteiger partial charge in [-0.2, -0.15) is 0 Å². The molecule has 0 radical (unpaired) electrons. The van der Waals surface area contributed by atoms with E-state index in [9.17, 15) is 13.2 Å². The number of hydrogen-bond donors (Lipinski definition) is 1. The summed E-state index contributed by atoms with van der Waals surface area (Å²) in [5.41, 5.74) is 3.05. The van der Waals surface area contributed by atoms with Gasteiger partial charge in [0.25, 0.3) is 0 Å². The zero-order chi connectivity index (χ0) is 21.3. The predicted molar refractivity (Wildman–Crippen MR) is 120 cm³/mol. The van der Waals surface area contributed by atoms with Crippen LogP contribution >= 0.6 is 0 Å². The number of carbonyl (C=O) groups is 1. The highest BCUT2D eigenvalue weighted by molar-refractivity contribution is 7.92. The molecule has 2 aromatic carbocycles. The second-order valence-corrected chi connectivity index (χ2v) is 9.36. The molecule has 0 saturated carbocycles. The van der Waals surface area contributed by atoms with Crippen LogP contribution < -0.4 is 9.62 Å². The molecule has 0 bridgehead atoms. The molecule has 0 heterocycles. The van der Waals surface area contributed by atoms with Crippen molar-refractivity contribution in [1.29, 1.82) is 0 Å². The maximum atomic E-state index is 12.2. The Morgan fingerprint density at radius 1 is 1.03 bits per heavy atom. The molecule has 0 fully saturated rings. The Morgan fingerprint density at radius 2 is 1.69 bits per heavy atom. The van der Waals surface area contributed by atoms with E-state index in [0.29, 0.717) is 18.5 Å². The van der Waals surface area contributed by atoms with E-state index in [1.807, 2.05) is 49.4 Å². The Balaban J connectivity index is 1.81. The van der Waals surface area contributed by atoms with Crippen molar-refractivity contribution in [2.24, 2.45) is 0 Å². The summed E-state index contributed by atoms with van der Waals surface area (Å²) in [5.74, 6) is -0.0413. The topological polar surface area (TPSA) is 66.5 Å². The fraction of sp³-hybridized carbons (Fsp3) is 0.435. The van der Waals surface area contributed by atoms with Gasteiger partial charge in [0.1, 0.15) is 0 Å². The molecule has 1 unspecified atom stereocenters. The molecule has 0 aliphatic carbocycles. The lowest BCUT2D eigenvalue weighted by molar-refractivity contribution is -0.121. The molecule has 1 atom stereocenters. The highest BCUT2D eigenvalue weighted by atomic mass is 32.2. The van der Waals surface area contributed by atoms with Crippen LogP contribution in [0, 0.1) is 0 Å². The molecule has 0 aliphatic heterocycles. The van der Waals surface area contributed by atoms with E-state index in [1.165, 1.54) is 16.1 Å². The van der Waals surface area contributed by atoms with Crippen molar-refractivity contribution in [3.8, 4) is 0 Å². The van der Waals surface area contributed by atoms with Crippen LogP contribution in [0.5, 0.6) is 0 Å². The number of nitrogens with one attached hydrogen (secondary N) is 1. The number of amides is 1. The molecule has 2 rings (SSSR count). The lowest BCUT2D eigenvalue weighted by Gasteiger charge is -2.23. The summed E-state index contributed by atoms with van der Waals surface area (Å²) < 4.78 is 25.7. The van der Waals surface area contributed by atoms with Crippen LogP contribution in [0.3, 0.4) is 0 Å². The molecular weight excluding hydrogens is 384 g/mol. The minimum Gasteiger partial charge on any atom is -0.354 e. The number of nitrogens with zero attached hydrogens (tertiary/aromatic N) is 1. The standard InChI is InChI=1S/C23H32N2O3S/c1-4-20-14-16-22(17-15-20)25(29(3,27)28)18-8-11-23(26)24-19(2)12-13-21-9-6-5-7-10-21/h5-7,9-10,14-17,19H,4,8,11-13,18H2,1-3H3,(H,24,26). The van der Waals surface area contributed by atoms with Crippen LogP contribution in [0.2, 0.25) is 0 Å². The van der Waals surface area contributed by atoms with Gasteiger partial charge in [-0.3, -0.25) is 9.10 Å². The Labute approximate surface area is 175 Å². The van der Waals surface area contributed by atoms with Crippen LogP contribution in [0.15, 0.2) is 54.6 Å². The van der Waals surface area contributed by atoms with Crippen molar-refractivity contribution < 1.29 is 13.2 Å². The zero-order valence-electron chi connectivity index (χ0n) is 17.6. The van der Waals surface area contributed by atoms with E-state index in [2.05, 4.69) is 24.4 Å². The summed E-state index contributed by atoms with van der Waals surface area (Å²) in [4.78, 5) is 12.2. The molecule has 158 valence electrons. The van der Waals surface area contributed by atoms with Gasteiger partial charge in [0.15, 0.2) is 0 Å². The number of sulfonamides is 1. The van der Waals surface area contributed by atoms with E-state index in [4.69, 9.17) is 0 Å². The molecule has 0 aliphatic rings. The predicted octanol–water partition coefficient (Wildman–Crippen LogP) is 3.93. The summed E-state index contributed by atoms with van der Waals surface area (Å²) in [7, 11) is -3.40.